The minimum atomic E-state index is -0.580. The third-order valence-electron chi connectivity index (χ3n) is 4.66. The number of phenols is 1. The number of aromatic hydroxyl groups is 1. The van der Waals surface area contributed by atoms with Crippen molar-refractivity contribution in [2.24, 2.45) is 13.0 Å². The van der Waals surface area contributed by atoms with Gasteiger partial charge >= 0.3 is 5.97 Å². The lowest BCUT2D eigenvalue weighted by Gasteiger charge is -2.16. The fourth-order valence-corrected chi connectivity index (χ4v) is 3.37. The van der Waals surface area contributed by atoms with Crippen LogP contribution in [-0.2, 0) is 23.0 Å². The molecule has 0 fully saturated rings. The zero-order valence-electron chi connectivity index (χ0n) is 16.6. The molecule has 1 unspecified atom stereocenters. The zero-order valence-corrected chi connectivity index (χ0v) is 17.4. The largest absolute Gasteiger partial charge is 0.508 e. The average Bonchev–Trinajstić information content (AvgIpc) is 3.13. The number of nitrogens with one attached hydrogen (secondary N) is 1. The Balaban J connectivity index is 1.77. The lowest BCUT2D eigenvalue weighted by Crippen LogP contribution is -2.34. The van der Waals surface area contributed by atoms with Crippen LogP contribution in [0.3, 0.4) is 0 Å². The number of halogens is 1. The van der Waals surface area contributed by atoms with Gasteiger partial charge in [-0.15, -0.1) is 0 Å². The van der Waals surface area contributed by atoms with E-state index < -0.39 is 11.9 Å². The number of ether oxygens (including phenoxy) is 1. The smallest absolute Gasteiger partial charge is 0.310 e. The highest BCUT2D eigenvalue weighted by atomic mass is 35.5. The maximum Gasteiger partial charge on any atom is 0.310 e. The molecular formula is C22H22ClN3O4. The number of hydrogen-bond acceptors (Lipinski definition) is 5. The number of aromatic nitrogens is 2. The number of aryl methyl sites for hydroxylation is 1. The molecule has 8 heteroatoms. The lowest BCUT2D eigenvalue weighted by atomic mass is 9.99. The van der Waals surface area contributed by atoms with Crippen LogP contribution >= 0.6 is 11.6 Å². The van der Waals surface area contributed by atoms with Crippen molar-refractivity contribution in [1.29, 1.82) is 0 Å². The van der Waals surface area contributed by atoms with Crippen molar-refractivity contribution in [1.82, 2.24) is 15.1 Å². The predicted molar refractivity (Wildman–Crippen MR) is 113 cm³/mol. The summed E-state index contributed by atoms with van der Waals surface area (Å²) in [6.45, 7) is 0.0865. The second-order valence-electron chi connectivity index (χ2n) is 6.85. The van der Waals surface area contributed by atoms with Crippen molar-refractivity contribution in [3.05, 3.63) is 70.9 Å². The molecule has 2 aromatic carbocycles. The molecule has 0 aliphatic rings. The lowest BCUT2D eigenvalue weighted by molar-refractivity contribution is -0.145. The minimum absolute atomic E-state index is 0.0865. The van der Waals surface area contributed by atoms with Crippen LogP contribution in [0.4, 0.5) is 0 Å². The summed E-state index contributed by atoms with van der Waals surface area (Å²) in [5.41, 5.74) is 2.32. The van der Waals surface area contributed by atoms with Crippen molar-refractivity contribution >= 4 is 23.5 Å². The highest BCUT2D eigenvalue weighted by molar-refractivity contribution is 6.33. The molecule has 2 N–H and O–H groups in total. The maximum atomic E-state index is 12.9. The Bertz CT molecular complexity index is 1050. The summed E-state index contributed by atoms with van der Waals surface area (Å²) < 4.78 is 6.43. The van der Waals surface area contributed by atoms with E-state index in [0.29, 0.717) is 28.3 Å². The van der Waals surface area contributed by atoms with Crippen LogP contribution in [0.5, 0.6) is 5.75 Å². The van der Waals surface area contributed by atoms with E-state index in [1.54, 1.807) is 60.4 Å². The molecule has 3 rings (SSSR count). The summed E-state index contributed by atoms with van der Waals surface area (Å²) in [7, 11) is 3.03. The van der Waals surface area contributed by atoms with Crippen molar-refractivity contribution < 1.29 is 19.4 Å². The van der Waals surface area contributed by atoms with E-state index in [-0.39, 0.29) is 18.2 Å². The Morgan fingerprint density at radius 3 is 2.57 bits per heavy atom. The molecule has 0 radical (unpaired) electrons. The van der Waals surface area contributed by atoms with Crippen molar-refractivity contribution in [3.63, 3.8) is 0 Å². The normalized spacial score (nSPS) is 11.7. The fourth-order valence-electron chi connectivity index (χ4n) is 3.14. The van der Waals surface area contributed by atoms with Gasteiger partial charge < -0.3 is 15.2 Å². The van der Waals surface area contributed by atoms with Gasteiger partial charge in [0.25, 0.3) is 5.91 Å². The van der Waals surface area contributed by atoms with Gasteiger partial charge in [-0.2, -0.15) is 5.10 Å². The number of carbonyl (C=O) groups is 2. The second kappa shape index (κ2) is 9.45. The van der Waals surface area contributed by atoms with Crippen molar-refractivity contribution in [3.8, 4) is 17.0 Å². The Kier molecular flexibility index (Phi) is 6.74. The van der Waals surface area contributed by atoms with Crippen LogP contribution in [0.25, 0.3) is 11.3 Å². The molecule has 0 spiro atoms. The number of benzene rings is 2. The van der Waals surface area contributed by atoms with Crippen LogP contribution < -0.4 is 5.32 Å². The van der Waals surface area contributed by atoms with Gasteiger partial charge in [0.1, 0.15) is 11.4 Å². The Hall–Kier alpha value is -3.32. The summed E-state index contributed by atoms with van der Waals surface area (Å²) in [5, 5.41) is 17.1. The molecule has 3 aromatic rings. The molecule has 0 saturated carbocycles. The quantitative estimate of drug-likeness (QED) is 0.565. The zero-order chi connectivity index (χ0) is 21.7. The number of phenolic OH excluding ortho intramolecular Hbond substituents is 1. The van der Waals surface area contributed by atoms with Gasteiger partial charge in [-0.3, -0.25) is 14.3 Å². The molecule has 0 saturated heterocycles. The molecule has 156 valence electrons. The van der Waals surface area contributed by atoms with E-state index in [1.807, 2.05) is 6.07 Å². The molecule has 0 aliphatic carbocycles. The van der Waals surface area contributed by atoms with Gasteiger partial charge in [0.2, 0.25) is 0 Å². The minimum Gasteiger partial charge on any atom is -0.508 e. The molecule has 1 amide bonds. The SMILES string of the molecule is COC(=O)C(CNC(=O)c1cn(C)nc1-c1ccccc1Cl)Cc1ccc(O)cc1. The van der Waals surface area contributed by atoms with Crippen molar-refractivity contribution in [2.45, 2.75) is 6.42 Å². The van der Waals surface area contributed by atoms with E-state index in [2.05, 4.69) is 10.4 Å². The van der Waals surface area contributed by atoms with Gasteiger partial charge in [-0.05, 0) is 30.2 Å². The van der Waals surface area contributed by atoms with Gasteiger partial charge in [0.15, 0.2) is 0 Å². The highest BCUT2D eigenvalue weighted by Gasteiger charge is 2.23. The summed E-state index contributed by atoms with van der Waals surface area (Å²) in [4.78, 5) is 25.1. The van der Waals surface area contributed by atoms with E-state index in [0.717, 1.165) is 5.56 Å². The fraction of sp³-hybridized carbons (Fsp3) is 0.227. The maximum absolute atomic E-state index is 12.9. The predicted octanol–water partition coefficient (Wildman–Crippen LogP) is 3.21. The number of methoxy groups -OCH3 is 1. The van der Waals surface area contributed by atoms with E-state index in [1.165, 1.54) is 7.11 Å². The van der Waals surface area contributed by atoms with Crippen LogP contribution in [0, 0.1) is 5.92 Å². The first-order valence-corrected chi connectivity index (χ1v) is 9.69. The molecule has 7 nitrogen and oxygen atoms in total. The van der Waals surface area contributed by atoms with Gasteiger partial charge in [-0.1, -0.05) is 41.9 Å². The number of hydrogen-bond donors (Lipinski definition) is 2. The number of nitrogens with zero attached hydrogens (tertiary/aromatic N) is 2. The molecule has 1 atom stereocenters. The first kappa shape index (κ1) is 21.4. The Morgan fingerprint density at radius 2 is 1.90 bits per heavy atom. The van der Waals surface area contributed by atoms with Gasteiger partial charge in [0.05, 0.1) is 23.6 Å². The molecule has 0 aliphatic heterocycles. The highest BCUT2D eigenvalue weighted by Crippen LogP contribution is 2.29. The summed E-state index contributed by atoms with van der Waals surface area (Å²) >= 11 is 6.27. The first-order valence-electron chi connectivity index (χ1n) is 9.31. The van der Waals surface area contributed by atoms with E-state index in [9.17, 15) is 14.7 Å². The number of amides is 1. The molecule has 0 bridgehead atoms. The van der Waals surface area contributed by atoms with Crippen LogP contribution in [0.1, 0.15) is 15.9 Å². The topological polar surface area (TPSA) is 93.5 Å². The number of rotatable bonds is 7. The van der Waals surface area contributed by atoms with Gasteiger partial charge in [-0.25, -0.2) is 0 Å². The summed E-state index contributed by atoms with van der Waals surface area (Å²) in [5.74, 6) is -1.23. The third kappa shape index (κ3) is 4.99. The third-order valence-corrected chi connectivity index (χ3v) is 4.99. The van der Waals surface area contributed by atoms with Gasteiger partial charge in [0, 0.05) is 25.4 Å². The molecule has 1 aromatic heterocycles. The standard InChI is InChI=1S/C22H22ClN3O4/c1-26-13-18(20(25-26)17-5-3-4-6-19(17)23)21(28)24-12-15(22(29)30-2)11-14-7-9-16(27)10-8-14/h3-10,13,15,27H,11-12H2,1-2H3,(H,24,28). The number of carbonyl (C=O) groups excluding carboxylic acids is 2. The Morgan fingerprint density at radius 1 is 1.20 bits per heavy atom. The summed E-state index contributed by atoms with van der Waals surface area (Å²) in [6.07, 6.45) is 1.97. The number of esters is 1. The van der Waals surface area contributed by atoms with Crippen LogP contribution in [0.15, 0.2) is 54.7 Å². The summed E-state index contributed by atoms with van der Waals surface area (Å²) in [6, 6.07) is 13.7. The Labute approximate surface area is 179 Å². The average molecular weight is 428 g/mol. The molecule has 1 heterocycles. The van der Waals surface area contributed by atoms with Crippen LogP contribution in [-0.4, -0.2) is 40.4 Å². The van der Waals surface area contributed by atoms with Crippen LogP contribution in [0.2, 0.25) is 5.02 Å². The van der Waals surface area contributed by atoms with Crippen molar-refractivity contribution in [2.75, 3.05) is 13.7 Å². The molecule has 30 heavy (non-hydrogen) atoms. The second-order valence-corrected chi connectivity index (χ2v) is 7.25. The molecular weight excluding hydrogens is 406 g/mol. The first-order chi connectivity index (χ1) is 14.4. The van der Waals surface area contributed by atoms with E-state index >= 15 is 0 Å². The van der Waals surface area contributed by atoms with E-state index in [4.69, 9.17) is 16.3 Å². The monoisotopic (exact) mass is 427 g/mol.